The van der Waals surface area contributed by atoms with Crippen LogP contribution in [0.3, 0.4) is 0 Å². The van der Waals surface area contributed by atoms with E-state index in [4.69, 9.17) is 27.9 Å². The number of hydrogen-bond donors (Lipinski definition) is 1. The standard InChI is InChI=1S/C17H12Cl2N2O2/c1-23-16-9-15(21-14-6-5-11(19)8-13(14)16)17(22)20-12-4-2-3-10(18)7-12/h2-9H,1H3,(H,20,22). The van der Waals surface area contributed by atoms with Crippen molar-refractivity contribution in [1.29, 1.82) is 0 Å². The first-order chi connectivity index (χ1) is 11.1. The van der Waals surface area contributed by atoms with E-state index in [1.165, 1.54) is 7.11 Å². The van der Waals surface area contributed by atoms with Crippen molar-refractivity contribution in [3.05, 3.63) is 64.3 Å². The van der Waals surface area contributed by atoms with Crippen molar-refractivity contribution in [1.82, 2.24) is 4.98 Å². The summed E-state index contributed by atoms with van der Waals surface area (Å²) in [7, 11) is 1.54. The summed E-state index contributed by atoms with van der Waals surface area (Å²) in [6.07, 6.45) is 0. The Hall–Kier alpha value is -2.30. The average Bonchev–Trinajstić information content (AvgIpc) is 2.53. The average molecular weight is 347 g/mol. The number of carbonyl (C=O) groups is 1. The van der Waals surface area contributed by atoms with E-state index in [2.05, 4.69) is 10.3 Å². The van der Waals surface area contributed by atoms with E-state index in [9.17, 15) is 4.79 Å². The Kier molecular flexibility index (Phi) is 4.37. The number of fused-ring (bicyclic) bond motifs is 1. The van der Waals surface area contributed by atoms with Gasteiger partial charge in [-0.2, -0.15) is 0 Å². The van der Waals surface area contributed by atoms with Crippen LogP contribution in [0.15, 0.2) is 48.5 Å². The Bertz CT molecular complexity index is 897. The summed E-state index contributed by atoms with van der Waals surface area (Å²) >= 11 is 11.9. The number of hydrogen-bond acceptors (Lipinski definition) is 3. The lowest BCUT2D eigenvalue weighted by atomic mass is 10.1. The number of methoxy groups -OCH3 is 1. The number of aromatic nitrogens is 1. The summed E-state index contributed by atoms with van der Waals surface area (Å²) in [4.78, 5) is 16.8. The fourth-order valence-corrected chi connectivity index (χ4v) is 2.58. The summed E-state index contributed by atoms with van der Waals surface area (Å²) in [6, 6.07) is 13.7. The Labute approximate surface area is 143 Å². The van der Waals surface area contributed by atoms with Gasteiger partial charge in [-0.1, -0.05) is 29.3 Å². The molecule has 0 spiro atoms. The number of halogens is 2. The molecule has 0 radical (unpaired) electrons. The highest BCUT2D eigenvalue weighted by atomic mass is 35.5. The van der Waals surface area contributed by atoms with Gasteiger partial charge in [0, 0.05) is 27.2 Å². The first-order valence-corrected chi connectivity index (χ1v) is 7.53. The molecule has 23 heavy (non-hydrogen) atoms. The predicted octanol–water partition coefficient (Wildman–Crippen LogP) is 4.80. The number of benzene rings is 2. The van der Waals surface area contributed by atoms with Gasteiger partial charge in [0.2, 0.25) is 0 Å². The maximum atomic E-state index is 12.4. The van der Waals surface area contributed by atoms with Crippen molar-refractivity contribution in [3.8, 4) is 5.75 Å². The van der Waals surface area contributed by atoms with E-state index in [0.29, 0.717) is 27.0 Å². The molecular weight excluding hydrogens is 335 g/mol. The van der Waals surface area contributed by atoms with Crippen LogP contribution in [-0.4, -0.2) is 18.0 Å². The fraction of sp³-hybridized carbons (Fsp3) is 0.0588. The monoisotopic (exact) mass is 346 g/mol. The van der Waals surface area contributed by atoms with Crippen molar-refractivity contribution in [3.63, 3.8) is 0 Å². The molecular formula is C17H12Cl2N2O2. The first kappa shape index (κ1) is 15.6. The van der Waals surface area contributed by atoms with Gasteiger partial charge in [-0.25, -0.2) is 4.98 Å². The highest BCUT2D eigenvalue weighted by Gasteiger charge is 2.13. The van der Waals surface area contributed by atoms with Crippen LogP contribution in [0.2, 0.25) is 10.0 Å². The highest BCUT2D eigenvalue weighted by Crippen LogP contribution is 2.28. The van der Waals surface area contributed by atoms with Crippen molar-refractivity contribution < 1.29 is 9.53 Å². The molecule has 0 aliphatic heterocycles. The molecule has 6 heteroatoms. The number of carbonyl (C=O) groups excluding carboxylic acids is 1. The maximum Gasteiger partial charge on any atom is 0.274 e. The topological polar surface area (TPSA) is 51.2 Å². The Morgan fingerprint density at radius 3 is 2.61 bits per heavy atom. The molecule has 1 heterocycles. The second kappa shape index (κ2) is 6.44. The second-order valence-electron chi connectivity index (χ2n) is 4.84. The molecule has 2 aromatic carbocycles. The SMILES string of the molecule is COc1cc(C(=O)Nc2cccc(Cl)c2)nc2ccc(Cl)cc12. The second-order valence-corrected chi connectivity index (χ2v) is 5.71. The zero-order valence-corrected chi connectivity index (χ0v) is 13.7. The summed E-state index contributed by atoms with van der Waals surface area (Å²) in [5.74, 6) is 0.191. The van der Waals surface area contributed by atoms with Crippen LogP contribution in [0.25, 0.3) is 10.9 Å². The van der Waals surface area contributed by atoms with E-state index < -0.39 is 0 Å². The normalized spacial score (nSPS) is 10.6. The van der Waals surface area contributed by atoms with E-state index in [1.807, 2.05) is 0 Å². The van der Waals surface area contributed by atoms with Crippen LogP contribution in [0.4, 0.5) is 5.69 Å². The lowest BCUT2D eigenvalue weighted by Gasteiger charge is -2.09. The predicted molar refractivity (Wildman–Crippen MR) is 92.7 cm³/mol. The highest BCUT2D eigenvalue weighted by molar-refractivity contribution is 6.31. The molecule has 0 fully saturated rings. The van der Waals surface area contributed by atoms with Crippen LogP contribution in [0, 0.1) is 0 Å². The maximum absolute atomic E-state index is 12.4. The number of amides is 1. The molecule has 0 saturated heterocycles. The summed E-state index contributed by atoms with van der Waals surface area (Å²) in [6.45, 7) is 0. The molecule has 0 atom stereocenters. The largest absolute Gasteiger partial charge is 0.496 e. The number of nitrogens with one attached hydrogen (secondary N) is 1. The Balaban J connectivity index is 1.99. The van der Waals surface area contributed by atoms with E-state index >= 15 is 0 Å². The van der Waals surface area contributed by atoms with Crippen LogP contribution in [-0.2, 0) is 0 Å². The van der Waals surface area contributed by atoms with Gasteiger partial charge < -0.3 is 10.1 Å². The minimum absolute atomic E-state index is 0.247. The molecule has 3 aromatic rings. The number of rotatable bonds is 3. The third kappa shape index (κ3) is 3.38. The minimum atomic E-state index is -0.345. The van der Waals surface area contributed by atoms with Crippen molar-refractivity contribution >= 4 is 45.7 Å². The molecule has 0 bridgehead atoms. The van der Waals surface area contributed by atoms with Crippen LogP contribution < -0.4 is 10.1 Å². The van der Waals surface area contributed by atoms with E-state index in [1.54, 1.807) is 48.5 Å². The molecule has 1 N–H and O–H groups in total. The molecule has 0 saturated carbocycles. The zero-order valence-electron chi connectivity index (χ0n) is 12.1. The van der Waals surface area contributed by atoms with Crippen LogP contribution in [0.1, 0.15) is 10.5 Å². The lowest BCUT2D eigenvalue weighted by Crippen LogP contribution is -2.14. The molecule has 116 valence electrons. The van der Waals surface area contributed by atoms with Crippen molar-refractivity contribution in [2.24, 2.45) is 0 Å². The molecule has 0 unspecified atom stereocenters. The van der Waals surface area contributed by atoms with E-state index in [0.717, 1.165) is 5.39 Å². The van der Waals surface area contributed by atoms with Crippen LogP contribution in [0.5, 0.6) is 5.75 Å². The molecule has 1 aromatic heterocycles. The van der Waals surface area contributed by atoms with Gasteiger partial charge in [-0.15, -0.1) is 0 Å². The smallest absolute Gasteiger partial charge is 0.274 e. The molecule has 4 nitrogen and oxygen atoms in total. The zero-order chi connectivity index (χ0) is 16.4. The summed E-state index contributed by atoms with van der Waals surface area (Å²) in [5.41, 5.74) is 1.47. The first-order valence-electron chi connectivity index (χ1n) is 6.78. The number of pyridine rings is 1. The third-order valence-electron chi connectivity index (χ3n) is 3.27. The number of anilines is 1. The van der Waals surface area contributed by atoms with Gasteiger partial charge in [0.05, 0.1) is 12.6 Å². The van der Waals surface area contributed by atoms with Gasteiger partial charge in [0.15, 0.2) is 0 Å². The summed E-state index contributed by atoms with van der Waals surface area (Å²) in [5, 5.41) is 4.63. The quantitative estimate of drug-likeness (QED) is 0.740. The minimum Gasteiger partial charge on any atom is -0.496 e. The molecule has 3 rings (SSSR count). The van der Waals surface area contributed by atoms with Gasteiger partial charge in [0.1, 0.15) is 11.4 Å². The number of nitrogens with zero attached hydrogens (tertiary/aromatic N) is 1. The van der Waals surface area contributed by atoms with E-state index in [-0.39, 0.29) is 11.6 Å². The van der Waals surface area contributed by atoms with Crippen molar-refractivity contribution in [2.75, 3.05) is 12.4 Å². The molecule has 1 amide bonds. The fourth-order valence-electron chi connectivity index (χ4n) is 2.21. The molecule has 0 aliphatic rings. The third-order valence-corrected chi connectivity index (χ3v) is 3.74. The van der Waals surface area contributed by atoms with Crippen LogP contribution >= 0.6 is 23.2 Å². The Morgan fingerprint density at radius 1 is 1.09 bits per heavy atom. The van der Waals surface area contributed by atoms with Gasteiger partial charge in [-0.3, -0.25) is 4.79 Å². The van der Waals surface area contributed by atoms with Gasteiger partial charge in [-0.05, 0) is 36.4 Å². The Morgan fingerprint density at radius 2 is 1.87 bits per heavy atom. The van der Waals surface area contributed by atoms with Gasteiger partial charge >= 0.3 is 0 Å². The lowest BCUT2D eigenvalue weighted by molar-refractivity contribution is 0.102. The molecule has 0 aliphatic carbocycles. The number of ether oxygens (including phenoxy) is 1. The summed E-state index contributed by atoms with van der Waals surface area (Å²) < 4.78 is 5.34. The van der Waals surface area contributed by atoms with Gasteiger partial charge in [0.25, 0.3) is 5.91 Å². The van der Waals surface area contributed by atoms with Crippen molar-refractivity contribution in [2.45, 2.75) is 0 Å².